The van der Waals surface area contributed by atoms with Crippen LogP contribution in [0.25, 0.3) is 6.08 Å². The highest BCUT2D eigenvalue weighted by atomic mass is 32.1. The van der Waals surface area contributed by atoms with Gasteiger partial charge in [0.1, 0.15) is 5.70 Å². The van der Waals surface area contributed by atoms with Gasteiger partial charge < -0.3 is 5.32 Å². The Morgan fingerprint density at radius 3 is 2.70 bits per heavy atom. The van der Waals surface area contributed by atoms with E-state index in [4.69, 9.17) is 12.2 Å². The van der Waals surface area contributed by atoms with Crippen molar-refractivity contribution in [2.24, 2.45) is 0 Å². The van der Waals surface area contributed by atoms with Gasteiger partial charge in [-0.05, 0) is 61.8 Å². The zero-order valence-electron chi connectivity index (χ0n) is 13.3. The van der Waals surface area contributed by atoms with E-state index in [1.807, 2.05) is 30.3 Å². The average Bonchev–Trinajstić information content (AvgIpc) is 2.98. The lowest BCUT2D eigenvalue weighted by atomic mass is 10.1. The van der Waals surface area contributed by atoms with Crippen molar-refractivity contribution >= 4 is 46.3 Å². The number of aryl methyl sites for hydroxylation is 3. The molecule has 3 rings (SSSR count). The van der Waals surface area contributed by atoms with Gasteiger partial charge in [-0.1, -0.05) is 25.1 Å². The summed E-state index contributed by atoms with van der Waals surface area (Å²) in [6.07, 6.45) is 2.74. The van der Waals surface area contributed by atoms with Crippen molar-refractivity contribution in [2.45, 2.75) is 27.2 Å². The van der Waals surface area contributed by atoms with E-state index in [1.165, 1.54) is 9.75 Å². The molecule has 0 atom stereocenters. The van der Waals surface area contributed by atoms with Crippen molar-refractivity contribution in [3.63, 3.8) is 0 Å². The van der Waals surface area contributed by atoms with Gasteiger partial charge >= 0.3 is 0 Å². The first kappa shape index (κ1) is 15.9. The minimum Gasteiger partial charge on any atom is -0.327 e. The molecule has 1 amide bonds. The van der Waals surface area contributed by atoms with Gasteiger partial charge in [0, 0.05) is 9.75 Å². The zero-order valence-corrected chi connectivity index (χ0v) is 15.0. The van der Waals surface area contributed by atoms with Crippen LogP contribution < -0.4 is 10.2 Å². The molecule has 0 bridgehead atoms. The molecule has 1 aliphatic rings. The number of carbonyl (C=O) groups excluding carboxylic acids is 1. The number of hydrogen-bond donors (Lipinski definition) is 1. The van der Waals surface area contributed by atoms with Crippen LogP contribution in [-0.2, 0) is 11.2 Å². The first-order valence-corrected chi connectivity index (χ1v) is 8.75. The van der Waals surface area contributed by atoms with Gasteiger partial charge in [0.25, 0.3) is 5.91 Å². The van der Waals surface area contributed by atoms with E-state index in [0.717, 1.165) is 23.2 Å². The van der Waals surface area contributed by atoms with Crippen molar-refractivity contribution in [2.75, 3.05) is 4.90 Å². The molecule has 23 heavy (non-hydrogen) atoms. The molecule has 0 spiro atoms. The Bertz CT molecular complexity index is 820. The summed E-state index contributed by atoms with van der Waals surface area (Å²) >= 11 is 7.12. The Morgan fingerprint density at radius 2 is 2.04 bits per heavy atom. The summed E-state index contributed by atoms with van der Waals surface area (Å²) in [5.74, 6) is -0.0980. The molecule has 1 aromatic heterocycles. The maximum absolute atomic E-state index is 12.8. The van der Waals surface area contributed by atoms with Crippen LogP contribution in [0.3, 0.4) is 0 Å². The van der Waals surface area contributed by atoms with Crippen LogP contribution in [0.1, 0.15) is 27.8 Å². The van der Waals surface area contributed by atoms with E-state index in [-0.39, 0.29) is 5.91 Å². The highest BCUT2D eigenvalue weighted by molar-refractivity contribution is 7.80. The van der Waals surface area contributed by atoms with E-state index >= 15 is 0 Å². The third-order valence-corrected chi connectivity index (χ3v) is 5.14. The Hall–Kier alpha value is -1.98. The summed E-state index contributed by atoms with van der Waals surface area (Å²) < 4.78 is 0. The summed E-state index contributed by atoms with van der Waals surface area (Å²) in [7, 11) is 0. The van der Waals surface area contributed by atoms with Crippen molar-refractivity contribution in [1.82, 2.24) is 5.32 Å². The van der Waals surface area contributed by atoms with Gasteiger partial charge in [0.05, 0.1) is 5.69 Å². The first-order chi connectivity index (χ1) is 11.0. The van der Waals surface area contributed by atoms with Gasteiger partial charge in [0.15, 0.2) is 5.11 Å². The third kappa shape index (κ3) is 2.94. The minimum absolute atomic E-state index is 0.0980. The molecule has 0 unspecified atom stereocenters. The van der Waals surface area contributed by atoms with Gasteiger partial charge in [-0.15, -0.1) is 11.3 Å². The Balaban J connectivity index is 1.99. The number of carbonyl (C=O) groups is 1. The molecule has 0 aliphatic carbocycles. The van der Waals surface area contributed by atoms with Crippen LogP contribution in [0.5, 0.6) is 0 Å². The van der Waals surface area contributed by atoms with Crippen LogP contribution in [0.15, 0.2) is 36.0 Å². The third-order valence-electron chi connectivity index (χ3n) is 3.87. The normalized spacial score (nSPS) is 16.3. The Morgan fingerprint density at radius 1 is 1.30 bits per heavy atom. The van der Waals surface area contributed by atoms with Crippen LogP contribution >= 0.6 is 23.6 Å². The smallest absolute Gasteiger partial charge is 0.281 e. The molecule has 3 nitrogen and oxygen atoms in total. The highest BCUT2D eigenvalue weighted by Crippen LogP contribution is 2.28. The molecule has 1 aromatic carbocycles. The van der Waals surface area contributed by atoms with Crippen molar-refractivity contribution in [3.05, 3.63) is 56.9 Å². The molecule has 118 valence electrons. The van der Waals surface area contributed by atoms with Crippen molar-refractivity contribution in [3.8, 4) is 0 Å². The van der Waals surface area contributed by atoms with E-state index in [9.17, 15) is 4.79 Å². The lowest BCUT2D eigenvalue weighted by Crippen LogP contribution is -2.31. The summed E-state index contributed by atoms with van der Waals surface area (Å²) in [4.78, 5) is 16.8. The maximum Gasteiger partial charge on any atom is 0.281 e. The molecular weight excluding hydrogens is 324 g/mol. The number of para-hydroxylation sites is 1. The molecular formula is C18H18N2OS2. The van der Waals surface area contributed by atoms with Gasteiger partial charge in [-0.2, -0.15) is 0 Å². The molecule has 1 N–H and O–H groups in total. The SMILES string of the molecule is CCc1ccccc1N1C(=O)/C(=C\c2cc(C)sc2C)NC1=S. The van der Waals surface area contributed by atoms with Crippen molar-refractivity contribution in [1.29, 1.82) is 0 Å². The fraction of sp³-hybridized carbons (Fsp3) is 0.222. The van der Waals surface area contributed by atoms with Gasteiger partial charge in [-0.3, -0.25) is 9.69 Å². The van der Waals surface area contributed by atoms with Crippen molar-refractivity contribution < 1.29 is 4.79 Å². The molecule has 1 fully saturated rings. The summed E-state index contributed by atoms with van der Waals surface area (Å²) in [5, 5.41) is 3.50. The number of rotatable bonds is 3. The fourth-order valence-corrected chi connectivity index (χ4v) is 3.93. The van der Waals surface area contributed by atoms with Crippen LogP contribution in [0.4, 0.5) is 5.69 Å². The largest absolute Gasteiger partial charge is 0.327 e. The molecule has 1 aliphatic heterocycles. The van der Waals surface area contributed by atoms with Gasteiger partial charge in [0.2, 0.25) is 0 Å². The molecule has 1 saturated heterocycles. The van der Waals surface area contributed by atoms with Crippen LogP contribution in [0, 0.1) is 13.8 Å². The number of amides is 1. The number of benzene rings is 1. The predicted octanol–water partition coefficient (Wildman–Crippen LogP) is 4.19. The number of nitrogens with zero attached hydrogens (tertiary/aromatic N) is 1. The second-order valence-corrected chi connectivity index (χ2v) is 7.33. The second-order valence-electron chi connectivity index (χ2n) is 5.48. The highest BCUT2D eigenvalue weighted by Gasteiger charge is 2.33. The first-order valence-electron chi connectivity index (χ1n) is 7.53. The summed E-state index contributed by atoms with van der Waals surface area (Å²) in [6.45, 7) is 6.20. The van der Waals surface area contributed by atoms with E-state index in [0.29, 0.717) is 10.8 Å². The number of thiophene rings is 1. The average molecular weight is 342 g/mol. The quantitative estimate of drug-likeness (QED) is 0.670. The fourth-order valence-electron chi connectivity index (χ4n) is 2.73. The number of hydrogen-bond acceptors (Lipinski definition) is 3. The lowest BCUT2D eigenvalue weighted by Gasteiger charge is -2.17. The standard InChI is InChI=1S/C18H18N2OS2/c1-4-13-7-5-6-8-16(13)20-17(21)15(19-18(20)22)10-14-9-11(2)23-12(14)3/h5-10H,4H2,1-3H3,(H,19,22)/b15-10+. The minimum atomic E-state index is -0.0980. The van der Waals surface area contributed by atoms with E-state index < -0.39 is 0 Å². The topological polar surface area (TPSA) is 32.3 Å². The zero-order chi connectivity index (χ0) is 16.6. The van der Waals surface area contributed by atoms with E-state index in [2.05, 4.69) is 32.2 Å². The molecule has 2 aromatic rings. The number of anilines is 1. The lowest BCUT2D eigenvalue weighted by molar-refractivity contribution is -0.113. The number of nitrogens with one attached hydrogen (secondary N) is 1. The number of thiocarbonyl (C=S) groups is 1. The molecule has 0 radical (unpaired) electrons. The second kappa shape index (κ2) is 6.26. The Labute approximate surface area is 145 Å². The predicted molar refractivity (Wildman–Crippen MR) is 101 cm³/mol. The summed E-state index contributed by atoms with van der Waals surface area (Å²) in [6, 6.07) is 9.96. The van der Waals surface area contributed by atoms with E-state index in [1.54, 1.807) is 16.2 Å². The van der Waals surface area contributed by atoms with Crippen LogP contribution in [0.2, 0.25) is 0 Å². The summed E-state index contributed by atoms with van der Waals surface area (Å²) in [5.41, 5.74) is 3.56. The molecule has 2 heterocycles. The Kier molecular flexibility index (Phi) is 4.33. The molecule has 0 saturated carbocycles. The van der Waals surface area contributed by atoms with Gasteiger partial charge in [-0.25, -0.2) is 0 Å². The monoisotopic (exact) mass is 342 g/mol. The van der Waals surface area contributed by atoms with Crippen LogP contribution in [-0.4, -0.2) is 11.0 Å². The molecule has 5 heteroatoms. The maximum atomic E-state index is 12.8.